The van der Waals surface area contributed by atoms with E-state index in [9.17, 15) is 30.3 Å². The van der Waals surface area contributed by atoms with Crippen molar-refractivity contribution >= 4 is 22.6 Å². The molecule has 0 amide bonds. The highest BCUT2D eigenvalue weighted by Crippen LogP contribution is 2.38. The van der Waals surface area contributed by atoms with Gasteiger partial charge >= 0.3 is 11.4 Å². The molecule has 0 spiro atoms. The summed E-state index contributed by atoms with van der Waals surface area (Å²) in [6, 6.07) is 3.01. The van der Waals surface area contributed by atoms with E-state index in [1.165, 1.54) is 29.5 Å². The fourth-order valence-corrected chi connectivity index (χ4v) is 2.52. The van der Waals surface area contributed by atoms with Crippen LogP contribution in [0.4, 0.5) is 17.1 Å². The van der Waals surface area contributed by atoms with Gasteiger partial charge in [0.2, 0.25) is 0 Å². The number of nitro benzene ring substituents is 3. The van der Waals surface area contributed by atoms with Gasteiger partial charge in [0.1, 0.15) is 0 Å². The number of pyridine rings is 1. The Labute approximate surface area is 152 Å². The van der Waals surface area contributed by atoms with Crippen LogP contribution in [0.3, 0.4) is 0 Å². The number of fused-ring (bicyclic) bond motifs is 1. The molecule has 0 unspecified atom stereocenters. The molecule has 0 radical (unpaired) electrons. The maximum absolute atomic E-state index is 10.4. The molecule has 3 rings (SSSR count). The lowest BCUT2D eigenvalue weighted by Crippen LogP contribution is -1.97. The lowest BCUT2D eigenvalue weighted by atomic mass is 9.94. The van der Waals surface area contributed by atoms with Gasteiger partial charge in [-0.1, -0.05) is 6.08 Å². The second-order valence-electron chi connectivity index (χ2n) is 5.56. The summed E-state index contributed by atoms with van der Waals surface area (Å²) in [5.41, 5.74) is 1.15. The number of non-ortho nitro benzene ring substituents is 1. The molecule has 1 heterocycles. The lowest BCUT2D eigenvalue weighted by molar-refractivity contribution is -0.404. The number of aromatic hydroxyl groups is 1. The number of allylic oxidation sites excluding steroid dienone is 2. The van der Waals surface area contributed by atoms with Crippen LogP contribution >= 0.6 is 0 Å². The van der Waals surface area contributed by atoms with Crippen molar-refractivity contribution < 1.29 is 19.9 Å². The Morgan fingerprint density at radius 2 is 1.63 bits per heavy atom. The normalized spacial score (nSPS) is 12.1. The van der Waals surface area contributed by atoms with E-state index in [1.807, 2.05) is 12.4 Å². The molecule has 1 aliphatic carbocycles. The van der Waals surface area contributed by atoms with Gasteiger partial charge < -0.3 is 5.11 Å². The second-order valence-corrected chi connectivity index (χ2v) is 5.56. The van der Waals surface area contributed by atoms with Crippen molar-refractivity contribution in [3.8, 4) is 5.75 Å². The summed E-state index contributed by atoms with van der Waals surface area (Å²) in [5.74, 6) is -1.21. The van der Waals surface area contributed by atoms with E-state index in [0.29, 0.717) is 12.1 Å². The molecule has 1 N–H and O–H groups in total. The number of hydrogen-bond donors (Lipinski definition) is 1. The first-order valence-electron chi connectivity index (χ1n) is 7.62. The largest absolute Gasteiger partial charge is 0.497 e. The molecule has 140 valence electrons. The predicted molar refractivity (Wildman–Crippen MR) is 94.3 cm³/mol. The quantitative estimate of drug-likeness (QED) is 0.629. The van der Waals surface area contributed by atoms with Gasteiger partial charge in [0.05, 0.1) is 26.9 Å². The highest BCUT2D eigenvalue weighted by atomic mass is 16.6. The summed E-state index contributed by atoms with van der Waals surface area (Å²) in [4.78, 5) is 31.9. The van der Waals surface area contributed by atoms with Crippen molar-refractivity contribution in [1.82, 2.24) is 4.98 Å². The van der Waals surface area contributed by atoms with Crippen LogP contribution in [0, 0.1) is 30.3 Å². The maximum atomic E-state index is 10.4. The Balaban J connectivity index is 0.000000206. The standard InChI is InChI=1S/C10H11N.C6H3N3O7/c1-8-3-2-4-9-5-6-11-7-10(8)9;10-6-4(8(13)14)1-3(7(11)12)2-5(6)9(15)16/h3,5-7H,2,4H2,1H3;1-2,10H. The molecule has 27 heavy (non-hydrogen) atoms. The van der Waals surface area contributed by atoms with Crippen molar-refractivity contribution in [2.24, 2.45) is 0 Å². The van der Waals surface area contributed by atoms with Crippen molar-refractivity contribution in [3.05, 3.63) is 78.1 Å². The topological polar surface area (TPSA) is 163 Å². The van der Waals surface area contributed by atoms with Crippen LogP contribution in [0.25, 0.3) is 5.57 Å². The first kappa shape index (κ1) is 19.4. The third-order valence-electron chi connectivity index (χ3n) is 3.86. The van der Waals surface area contributed by atoms with E-state index in [-0.39, 0.29) is 0 Å². The minimum Gasteiger partial charge on any atom is -0.497 e. The zero-order valence-corrected chi connectivity index (χ0v) is 14.1. The number of hydrogen-bond acceptors (Lipinski definition) is 8. The average molecular weight is 374 g/mol. The van der Waals surface area contributed by atoms with Crippen molar-refractivity contribution in [2.75, 3.05) is 0 Å². The molecule has 0 atom stereocenters. The van der Waals surface area contributed by atoms with Crippen LogP contribution in [0.2, 0.25) is 0 Å². The van der Waals surface area contributed by atoms with Gasteiger partial charge in [-0.25, -0.2) is 0 Å². The van der Waals surface area contributed by atoms with E-state index in [2.05, 4.69) is 24.1 Å². The number of nitrogens with zero attached hydrogens (tertiary/aromatic N) is 4. The highest BCUT2D eigenvalue weighted by molar-refractivity contribution is 5.67. The Bertz CT molecular complexity index is 921. The summed E-state index contributed by atoms with van der Waals surface area (Å²) >= 11 is 0. The molecule has 11 nitrogen and oxygen atoms in total. The molecule has 0 aliphatic heterocycles. The number of nitro groups is 3. The smallest absolute Gasteiger partial charge is 0.324 e. The van der Waals surface area contributed by atoms with E-state index < -0.39 is 37.6 Å². The number of phenols is 1. The summed E-state index contributed by atoms with van der Waals surface area (Å²) in [6.45, 7) is 2.15. The minimum atomic E-state index is -1.21. The minimum absolute atomic E-state index is 0.447. The molecular formula is C16H14N4O7. The number of benzene rings is 1. The number of phenolic OH excluding ortho intramolecular Hbond substituents is 1. The monoisotopic (exact) mass is 374 g/mol. The molecule has 1 aliphatic rings. The van der Waals surface area contributed by atoms with Gasteiger partial charge in [-0.3, -0.25) is 35.3 Å². The Hall–Kier alpha value is -3.89. The Kier molecular flexibility index (Phi) is 5.75. The van der Waals surface area contributed by atoms with Gasteiger partial charge in [0.25, 0.3) is 11.4 Å². The third kappa shape index (κ3) is 4.39. The van der Waals surface area contributed by atoms with Gasteiger partial charge in [0, 0.05) is 12.4 Å². The first-order valence-corrected chi connectivity index (χ1v) is 7.62. The van der Waals surface area contributed by atoms with Gasteiger partial charge in [-0.2, -0.15) is 0 Å². The van der Waals surface area contributed by atoms with E-state index >= 15 is 0 Å². The second kappa shape index (κ2) is 7.99. The van der Waals surface area contributed by atoms with Crippen LogP contribution in [0.1, 0.15) is 24.5 Å². The van der Waals surface area contributed by atoms with Gasteiger partial charge in [-0.05, 0) is 42.5 Å². The van der Waals surface area contributed by atoms with Crippen LogP contribution in [0.5, 0.6) is 5.75 Å². The third-order valence-corrected chi connectivity index (χ3v) is 3.86. The Morgan fingerprint density at radius 1 is 1.04 bits per heavy atom. The van der Waals surface area contributed by atoms with E-state index in [0.717, 1.165) is 0 Å². The van der Waals surface area contributed by atoms with Crippen LogP contribution in [0.15, 0.2) is 36.7 Å². The molecule has 0 saturated carbocycles. The fourth-order valence-electron chi connectivity index (χ4n) is 2.52. The molecule has 1 aromatic carbocycles. The zero-order valence-electron chi connectivity index (χ0n) is 14.1. The summed E-state index contributed by atoms with van der Waals surface area (Å²) in [7, 11) is 0. The molecule has 0 saturated heterocycles. The van der Waals surface area contributed by atoms with Crippen molar-refractivity contribution in [2.45, 2.75) is 19.8 Å². The predicted octanol–water partition coefficient (Wildman–Crippen LogP) is 3.55. The fraction of sp³-hybridized carbons (Fsp3) is 0.188. The van der Waals surface area contributed by atoms with Gasteiger partial charge in [-0.15, -0.1) is 0 Å². The zero-order chi connectivity index (χ0) is 20.1. The molecule has 0 fully saturated rings. The summed E-state index contributed by atoms with van der Waals surface area (Å²) in [6.07, 6.45) is 8.47. The molecule has 11 heteroatoms. The molecule has 1 aromatic heterocycles. The van der Waals surface area contributed by atoms with E-state index in [1.54, 1.807) is 0 Å². The first-order chi connectivity index (χ1) is 12.7. The van der Waals surface area contributed by atoms with Crippen LogP contribution in [-0.2, 0) is 6.42 Å². The molecular weight excluding hydrogens is 360 g/mol. The lowest BCUT2D eigenvalue weighted by Gasteiger charge is -2.12. The number of aromatic nitrogens is 1. The summed E-state index contributed by atoms with van der Waals surface area (Å²) in [5, 5.41) is 40.2. The molecule has 2 aromatic rings. The van der Waals surface area contributed by atoms with E-state index in [4.69, 9.17) is 5.11 Å². The molecule has 0 bridgehead atoms. The summed E-state index contributed by atoms with van der Waals surface area (Å²) < 4.78 is 0. The Morgan fingerprint density at radius 3 is 2.11 bits per heavy atom. The highest BCUT2D eigenvalue weighted by Gasteiger charge is 2.30. The number of rotatable bonds is 3. The van der Waals surface area contributed by atoms with Gasteiger partial charge in [0.15, 0.2) is 0 Å². The van der Waals surface area contributed by atoms with Crippen molar-refractivity contribution in [3.63, 3.8) is 0 Å². The van der Waals surface area contributed by atoms with Crippen LogP contribution in [-0.4, -0.2) is 24.9 Å². The number of aryl methyl sites for hydroxylation is 1. The SMILES string of the molecule is CC1=CCCc2ccncc21.O=[N+]([O-])c1cc([N+](=O)[O-])c(O)c([N+](=O)[O-])c1. The van der Waals surface area contributed by atoms with Crippen molar-refractivity contribution in [1.29, 1.82) is 0 Å². The van der Waals surface area contributed by atoms with Crippen LogP contribution < -0.4 is 0 Å². The maximum Gasteiger partial charge on any atom is 0.324 e. The average Bonchev–Trinajstić information content (AvgIpc) is 2.62.